The first-order valence-electron chi connectivity index (χ1n) is 11.6. The minimum absolute atomic E-state index is 0.574. The minimum atomic E-state index is -3.01. The highest BCUT2D eigenvalue weighted by Gasteiger charge is 2.41. The summed E-state index contributed by atoms with van der Waals surface area (Å²) in [4.78, 5) is 0. The second-order valence-corrected chi connectivity index (χ2v) is 13.9. The smallest absolute Gasteiger partial charge is 0.207 e. The Morgan fingerprint density at radius 2 is 0.588 bits per heavy atom. The molecular formula is C28H28N2O2P2. The summed E-state index contributed by atoms with van der Waals surface area (Å²) in [5.41, 5.74) is 0. The molecule has 4 aromatic carbocycles. The normalized spacial score (nSPS) is 15.8. The van der Waals surface area contributed by atoms with E-state index in [9.17, 15) is 9.13 Å². The van der Waals surface area contributed by atoms with Crippen molar-refractivity contribution in [2.45, 2.75) is 0 Å². The summed E-state index contributed by atoms with van der Waals surface area (Å²) in [6.45, 7) is 2.30. The fraction of sp³-hybridized carbons (Fsp3) is 0.143. The average Bonchev–Trinajstić information content (AvgIpc) is 2.94. The summed E-state index contributed by atoms with van der Waals surface area (Å²) in [6.07, 6.45) is 0. The molecule has 0 N–H and O–H groups in total. The summed E-state index contributed by atoms with van der Waals surface area (Å²) >= 11 is 0. The SMILES string of the molecule is O=P(c1ccccc1)(c1ccccc1)N1CCN(P(=O)(c2ccccc2)c2ccccc2)CC1. The van der Waals surface area contributed by atoms with Crippen molar-refractivity contribution in [2.75, 3.05) is 26.2 Å². The van der Waals surface area contributed by atoms with E-state index in [1.807, 2.05) is 121 Å². The number of hydrogen-bond acceptors (Lipinski definition) is 2. The zero-order chi connectivity index (χ0) is 23.4. The lowest BCUT2D eigenvalue weighted by atomic mass is 10.4. The number of hydrogen-bond donors (Lipinski definition) is 0. The largest absolute Gasteiger partial charge is 0.296 e. The Balaban J connectivity index is 1.49. The first-order chi connectivity index (χ1) is 16.6. The van der Waals surface area contributed by atoms with Gasteiger partial charge >= 0.3 is 0 Å². The number of nitrogens with zero attached hydrogens (tertiary/aromatic N) is 2. The summed E-state index contributed by atoms with van der Waals surface area (Å²) in [5, 5.41) is 3.35. The van der Waals surface area contributed by atoms with Crippen LogP contribution in [0.2, 0.25) is 0 Å². The Morgan fingerprint density at radius 1 is 0.382 bits per heavy atom. The highest BCUT2D eigenvalue weighted by Crippen LogP contribution is 2.52. The van der Waals surface area contributed by atoms with Gasteiger partial charge in [-0.05, 0) is 48.5 Å². The molecule has 4 aromatic rings. The molecule has 0 bridgehead atoms. The van der Waals surface area contributed by atoms with Crippen LogP contribution in [0.15, 0.2) is 121 Å². The van der Waals surface area contributed by atoms with Gasteiger partial charge in [-0.1, -0.05) is 72.8 Å². The second-order valence-electron chi connectivity index (χ2n) is 8.40. The summed E-state index contributed by atoms with van der Waals surface area (Å²) in [5.74, 6) is 0. The topological polar surface area (TPSA) is 40.6 Å². The summed E-state index contributed by atoms with van der Waals surface area (Å²) in [6, 6.07) is 39.0. The van der Waals surface area contributed by atoms with Crippen LogP contribution in [-0.2, 0) is 9.13 Å². The van der Waals surface area contributed by atoms with Crippen molar-refractivity contribution in [1.29, 1.82) is 0 Å². The van der Waals surface area contributed by atoms with E-state index in [1.54, 1.807) is 0 Å². The van der Waals surface area contributed by atoms with E-state index in [1.165, 1.54) is 0 Å². The van der Waals surface area contributed by atoms with Crippen LogP contribution < -0.4 is 21.2 Å². The van der Waals surface area contributed by atoms with Crippen LogP contribution in [0.5, 0.6) is 0 Å². The number of benzene rings is 4. The van der Waals surface area contributed by atoms with Gasteiger partial charge in [0.1, 0.15) is 0 Å². The van der Waals surface area contributed by atoms with Gasteiger partial charge in [0.05, 0.1) is 0 Å². The maximum absolute atomic E-state index is 14.7. The van der Waals surface area contributed by atoms with Crippen LogP contribution in [0.1, 0.15) is 0 Å². The molecule has 1 heterocycles. The van der Waals surface area contributed by atoms with Gasteiger partial charge in [0.2, 0.25) is 14.6 Å². The molecule has 1 aliphatic rings. The van der Waals surface area contributed by atoms with Gasteiger partial charge in [0.25, 0.3) is 0 Å². The van der Waals surface area contributed by atoms with Gasteiger partial charge < -0.3 is 0 Å². The van der Waals surface area contributed by atoms with Crippen LogP contribution in [-0.4, -0.2) is 35.5 Å². The average molecular weight is 486 g/mol. The Hall–Kier alpha value is -2.74. The first-order valence-corrected chi connectivity index (χ1v) is 14.9. The monoisotopic (exact) mass is 486 g/mol. The van der Waals surface area contributed by atoms with Crippen LogP contribution in [0.3, 0.4) is 0 Å². The third kappa shape index (κ3) is 4.13. The van der Waals surface area contributed by atoms with Gasteiger partial charge in [-0.15, -0.1) is 0 Å². The molecule has 0 radical (unpaired) electrons. The van der Waals surface area contributed by atoms with E-state index in [-0.39, 0.29) is 0 Å². The lowest BCUT2D eigenvalue weighted by Gasteiger charge is -2.42. The molecule has 0 atom stereocenters. The van der Waals surface area contributed by atoms with E-state index >= 15 is 0 Å². The Bertz CT molecular complexity index is 1120. The van der Waals surface area contributed by atoms with Gasteiger partial charge in [-0.2, -0.15) is 0 Å². The minimum Gasteiger partial charge on any atom is -0.296 e. The van der Waals surface area contributed by atoms with E-state index in [0.717, 1.165) is 21.2 Å². The predicted molar refractivity (Wildman–Crippen MR) is 143 cm³/mol. The van der Waals surface area contributed by atoms with Crippen molar-refractivity contribution in [2.24, 2.45) is 0 Å². The lowest BCUT2D eigenvalue weighted by molar-refractivity contribution is 0.278. The molecule has 1 aliphatic heterocycles. The fourth-order valence-electron chi connectivity index (χ4n) is 4.72. The van der Waals surface area contributed by atoms with Crippen molar-refractivity contribution < 1.29 is 9.13 Å². The third-order valence-corrected chi connectivity index (χ3v) is 12.8. The predicted octanol–water partition coefficient (Wildman–Crippen LogP) is 4.46. The third-order valence-electron chi connectivity index (χ3n) is 6.45. The maximum atomic E-state index is 14.7. The van der Waals surface area contributed by atoms with Crippen molar-refractivity contribution in [3.63, 3.8) is 0 Å². The molecule has 4 nitrogen and oxygen atoms in total. The van der Waals surface area contributed by atoms with Crippen LogP contribution in [0.25, 0.3) is 0 Å². The van der Waals surface area contributed by atoms with E-state index < -0.39 is 14.6 Å². The molecule has 0 saturated carbocycles. The summed E-state index contributed by atoms with van der Waals surface area (Å²) < 4.78 is 33.6. The van der Waals surface area contributed by atoms with Crippen molar-refractivity contribution >= 4 is 35.8 Å². The molecule has 1 saturated heterocycles. The van der Waals surface area contributed by atoms with Crippen molar-refractivity contribution in [3.8, 4) is 0 Å². The molecule has 5 rings (SSSR count). The van der Waals surface area contributed by atoms with E-state index in [0.29, 0.717) is 26.2 Å². The standard InChI is InChI=1S/C28H28N2O2P2/c31-33(25-13-5-1-6-14-25,26-15-7-2-8-16-26)29-21-23-30(24-22-29)34(32,27-17-9-3-10-18-27)28-19-11-4-12-20-28/h1-20H,21-24H2. The van der Waals surface area contributed by atoms with E-state index in [4.69, 9.17) is 0 Å². The zero-order valence-corrected chi connectivity index (χ0v) is 20.8. The molecule has 1 fully saturated rings. The number of piperazine rings is 1. The fourth-order valence-corrected chi connectivity index (χ4v) is 10.4. The molecule has 0 amide bonds. The first kappa shape index (κ1) is 23.0. The van der Waals surface area contributed by atoms with Gasteiger partial charge in [0.15, 0.2) is 0 Å². The quantitative estimate of drug-likeness (QED) is 0.378. The van der Waals surface area contributed by atoms with E-state index in [2.05, 4.69) is 9.34 Å². The molecule has 0 aliphatic carbocycles. The molecule has 34 heavy (non-hydrogen) atoms. The molecule has 0 unspecified atom stereocenters. The Kier molecular flexibility index (Phi) is 6.68. The maximum Gasteiger partial charge on any atom is 0.207 e. The lowest BCUT2D eigenvalue weighted by Crippen LogP contribution is -2.48. The van der Waals surface area contributed by atoms with Crippen LogP contribution in [0.4, 0.5) is 0 Å². The van der Waals surface area contributed by atoms with Gasteiger partial charge in [-0.3, -0.25) is 9.13 Å². The van der Waals surface area contributed by atoms with Crippen LogP contribution >= 0.6 is 14.6 Å². The van der Waals surface area contributed by atoms with Gasteiger partial charge in [-0.25, -0.2) is 9.34 Å². The van der Waals surface area contributed by atoms with Gasteiger partial charge in [0, 0.05) is 47.4 Å². The highest BCUT2D eigenvalue weighted by molar-refractivity contribution is 7.77. The molecule has 0 spiro atoms. The molecule has 172 valence electrons. The summed E-state index contributed by atoms with van der Waals surface area (Å²) in [7, 11) is -6.01. The molecule has 0 aromatic heterocycles. The Morgan fingerprint density at radius 3 is 0.794 bits per heavy atom. The molecular weight excluding hydrogens is 458 g/mol. The van der Waals surface area contributed by atoms with Crippen LogP contribution in [0, 0.1) is 0 Å². The highest BCUT2D eigenvalue weighted by atomic mass is 31.2. The zero-order valence-electron chi connectivity index (χ0n) is 19.0. The second kappa shape index (κ2) is 9.86. The van der Waals surface area contributed by atoms with Crippen molar-refractivity contribution in [3.05, 3.63) is 121 Å². The Labute approximate surface area is 201 Å². The number of rotatable bonds is 6. The van der Waals surface area contributed by atoms with Crippen molar-refractivity contribution in [1.82, 2.24) is 9.34 Å². The molecule has 6 heteroatoms.